The lowest BCUT2D eigenvalue weighted by atomic mass is 10.2. The highest BCUT2D eigenvalue weighted by Crippen LogP contribution is 2.17. The highest BCUT2D eigenvalue weighted by Gasteiger charge is 2.03. The number of hydrogen-bond acceptors (Lipinski definition) is 5. The van der Waals surface area contributed by atoms with Crippen LogP contribution in [-0.2, 0) is 13.0 Å². The van der Waals surface area contributed by atoms with Crippen LogP contribution in [0.3, 0.4) is 0 Å². The van der Waals surface area contributed by atoms with E-state index in [1.165, 1.54) is 24.6 Å². The van der Waals surface area contributed by atoms with Gasteiger partial charge in [-0.15, -0.1) is 0 Å². The maximum absolute atomic E-state index is 12.9. The molecule has 0 atom stereocenters. The predicted molar refractivity (Wildman–Crippen MR) is 57.8 cm³/mol. The number of halogens is 1. The summed E-state index contributed by atoms with van der Waals surface area (Å²) in [5, 5.41) is 16.2. The van der Waals surface area contributed by atoms with Crippen molar-refractivity contribution >= 4 is 0 Å². The van der Waals surface area contributed by atoms with Gasteiger partial charge in [-0.3, -0.25) is 0 Å². The molecule has 0 aliphatic carbocycles. The number of rotatable bonds is 5. The van der Waals surface area contributed by atoms with Gasteiger partial charge in [-0.2, -0.15) is 4.98 Å². The molecule has 2 N–H and O–H groups in total. The molecule has 0 radical (unpaired) electrons. The molecule has 0 amide bonds. The number of hydrogen-bond donors (Lipinski definition) is 2. The van der Waals surface area contributed by atoms with Crippen molar-refractivity contribution in [2.75, 3.05) is 6.54 Å². The Morgan fingerprint density at radius 2 is 2.29 bits per heavy atom. The second-order valence-corrected chi connectivity index (χ2v) is 3.55. The molecule has 0 aliphatic rings. The van der Waals surface area contributed by atoms with Gasteiger partial charge in [0.1, 0.15) is 11.6 Å². The lowest BCUT2D eigenvalue weighted by molar-refractivity contribution is 0.409. The van der Waals surface area contributed by atoms with Crippen LogP contribution in [0.1, 0.15) is 11.4 Å². The fourth-order valence-electron chi connectivity index (χ4n) is 1.42. The van der Waals surface area contributed by atoms with E-state index in [2.05, 4.69) is 20.0 Å². The molecule has 17 heavy (non-hydrogen) atoms. The topological polar surface area (TPSA) is 71.2 Å². The van der Waals surface area contributed by atoms with E-state index in [0.717, 1.165) is 0 Å². The summed E-state index contributed by atoms with van der Waals surface area (Å²) in [6, 6.07) is 3.86. The van der Waals surface area contributed by atoms with Crippen LogP contribution in [0.25, 0.3) is 0 Å². The zero-order valence-electron chi connectivity index (χ0n) is 9.06. The van der Waals surface area contributed by atoms with Gasteiger partial charge >= 0.3 is 0 Å². The maximum Gasteiger partial charge on any atom is 0.213 e. The minimum absolute atomic E-state index is 0.0819. The number of aromatic nitrogens is 2. The standard InChI is InChI=1S/C11H12FN3O2/c12-9-1-2-10(16)8(5-9)6-13-4-3-11-14-7-17-15-11/h1-2,5,7,13,16H,3-4,6H2. The molecule has 1 heterocycles. The Morgan fingerprint density at radius 3 is 3.06 bits per heavy atom. The summed E-state index contributed by atoms with van der Waals surface area (Å²) in [4.78, 5) is 3.87. The fraction of sp³-hybridized carbons (Fsp3) is 0.273. The van der Waals surface area contributed by atoms with Crippen LogP contribution < -0.4 is 5.32 Å². The summed E-state index contributed by atoms with van der Waals surface area (Å²) in [6.45, 7) is 1.01. The van der Waals surface area contributed by atoms with Gasteiger partial charge in [-0.25, -0.2) is 4.39 Å². The van der Waals surface area contributed by atoms with Crippen molar-refractivity contribution in [2.45, 2.75) is 13.0 Å². The second-order valence-electron chi connectivity index (χ2n) is 3.55. The first-order chi connectivity index (χ1) is 8.25. The molecule has 5 nitrogen and oxygen atoms in total. The third kappa shape index (κ3) is 3.25. The highest BCUT2D eigenvalue weighted by molar-refractivity contribution is 5.32. The predicted octanol–water partition coefficient (Wildman–Crippen LogP) is 1.25. The average Bonchev–Trinajstić information content (AvgIpc) is 2.82. The molecule has 2 rings (SSSR count). The van der Waals surface area contributed by atoms with E-state index in [1.807, 2.05) is 0 Å². The Morgan fingerprint density at radius 1 is 1.41 bits per heavy atom. The van der Waals surface area contributed by atoms with E-state index in [4.69, 9.17) is 0 Å². The summed E-state index contributed by atoms with van der Waals surface area (Å²) >= 11 is 0. The summed E-state index contributed by atoms with van der Waals surface area (Å²) in [5.41, 5.74) is 0.526. The first kappa shape index (κ1) is 11.5. The monoisotopic (exact) mass is 237 g/mol. The summed E-state index contributed by atoms with van der Waals surface area (Å²) in [7, 11) is 0. The first-order valence-electron chi connectivity index (χ1n) is 5.19. The number of phenolic OH excluding ortho intramolecular Hbond substituents is 1. The van der Waals surface area contributed by atoms with E-state index in [1.54, 1.807) is 0 Å². The van der Waals surface area contributed by atoms with E-state index < -0.39 is 0 Å². The Kier molecular flexibility index (Phi) is 3.66. The Balaban J connectivity index is 1.80. The molecule has 0 aliphatic heterocycles. The quantitative estimate of drug-likeness (QED) is 0.766. The van der Waals surface area contributed by atoms with Gasteiger partial charge in [0, 0.05) is 25.1 Å². The zero-order chi connectivity index (χ0) is 12.1. The van der Waals surface area contributed by atoms with Crippen LogP contribution in [0.4, 0.5) is 4.39 Å². The molecule has 0 unspecified atom stereocenters. The van der Waals surface area contributed by atoms with Crippen molar-refractivity contribution in [2.24, 2.45) is 0 Å². The largest absolute Gasteiger partial charge is 0.508 e. The minimum Gasteiger partial charge on any atom is -0.508 e. The molecule has 90 valence electrons. The van der Waals surface area contributed by atoms with Crippen LogP contribution in [0.2, 0.25) is 0 Å². The first-order valence-corrected chi connectivity index (χ1v) is 5.19. The van der Waals surface area contributed by atoms with Crippen LogP contribution in [0.15, 0.2) is 29.1 Å². The summed E-state index contributed by atoms with van der Waals surface area (Å²) in [6.07, 6.45) is 1.89. The van der Waals surface area contributed by atoms with E-state index in [-0.39, 0.29) is 11.6 Å². The molecule has 0 fully saturated rings. The Bertz CT molecular complexity index is 474. The van der Waals surface area contributed by atoms with Crippen LogP contribution >= 0.6 is 0 Å². The molecule has 1 aromatic carbocycles. The minimum atomic E-state index is -0.363. The summed E-state index contributed by atoms with van der Waals surface area (Å²) in [5.74, 6) is 0.331. The van der Waals surface area contributed by atoms with Crippen molar-refractivity contribution in [1.82, 2.24) is 15.5 Å². The maximum atomic E-state index is 12.9. The number of nitrogens with one attached hydrogen (secondary N) is 1. The van der Waals surface area contributed by atoms with Gasteiger partial charge in [-0.05, 0) is 18.2 Å². The molecule has 1 aromatic heterocycles. The molecule has 0 saturated heterocycles. The SMILES string of the molecule is Oc1ccc(F)cc1CNCCc1ncon1. The van der Waals surface area contributed by atoms with Gasteiger partial charge in [-0.1, -0.05) is 5.16 Å². The van der Waals surface area contributed by atoms with Crippen molar-refractivity contribution in [3.63, 3.8) is 0 Å². The number of aromatic hydroxyl groups is 1. The van der Waals surface area contributed by atoms with E-state index in [0.29, 0.717) is 30.9 Å². The number of nitrogens with zero attached hydrogens (tertiary/aromatic N) is 2. The highest BCUT2D eigenvalue weighted by atomic mass is 19.1. The molecule has 0 spiro atoms. The Hall–Kier alpha value is -1.95. The lowest BCUT2D eigenvalue weighted by Crippen LogP contribution is -2.17. The van der Waals surface area contributed by atoms with Gasteiger partial charge in [0.15, 0.2) is 5.82 Å². The van der Waals surface area contributed by atoms with Gasteiger partial charge in [0.2, 0.25) is 6.39 Å². The van der Waals surface area contributed by atoms with Crippen molar-refractivity contribution < 1.29 is 14.0 Å². The molecule has 6 heteroatoms. The van der Waals surface area contributed by atoms with Crippen LogP contribution in [0.5, 0.6) is 5.75 Å². The van der Waals surface area contributed by atoms with Crippen molar-refractivity contribution in [1.29, 1.82) is 0 Å². The Labute approximate surface area is 97.3 Å². The normalized spacial score (nSPS) is 10.6. The van der Waals surface area contributed by atoms with Gasteiger partial charge in [0.05, 0.1) is 0 Å². The van der Waals surface area contributed by atoms with E-state index >= 15 is 0 Å². The third-order valence-corrected chi connectivity index (χ3v) is 2.29. The summed E-state index contributed by atoms with van der Waals surface area (Å²) < 4.78 is 17.5. The van der Waals surface area contributed by atoms with E-state index in [9.17, 15) is 9.50 Å². The van der Waals surface area contributed by atoms with Gasteiger partial charge < -0.3 is 14.9 Å². The molecule has 2 aromatic rings. The lowest BCUT2D eigenvalue weighted by Gasteiger charge is -2.05. The molecular weight excluding hydrogens is 225 g/mol. The van der Waals surface area contributed by atoms with Crippen LogP contribution in [-0.4, -0.2) is 21.8 Å². The van der Waals surface area contributed by atoms with Crippen molar-refractivity contribution in [3.8, 4) is 5.75 Å². The molecular formula is C11H12FN3O2. The molecule has 0 saturated carbocycles. The molecule has 0 bridgehead atoms. The third-order valence-electron chi connectivity index (χ3n) is 2.29. The second kappa shape index (κ2) is 5.40. The number of phenols is 1. The van der Waals surface area contributed by atoms with Crippen molar-refractivity contribution in [3.05, 3.63) is 41.8 Å². The van der Waals surface area contributed by atoms with Crippen LogP contribution in [0, 0.1) is 5.82 Å². The smallest absolute Gasteiger partial charge is 0.213 e. The number of benzene rings is 1. The average molecular weight is 237 g/mol. The fourth-order valence-corrected chi connectivity index (χ4v) is 1.42. The van der Waals surface area contributed by atoms with Gasteiger partial charge in [0.25, 0.3) is 0 Å². The zero-order valence-corrected chi connectivity index (χ0v) is 9.06.